The van der Waals surface area contributed by atoms with Crippen LogP contribution in [0, 0.1) is 0 Å². The molecule has 0 aliphatic carbocycles. The lowest BCUT2D eigenvalue weighted by Gasteiger charge is -2.16. The molecule has 0 spiro atoms. The van der Waals surface area contributed by atoms with Gasteiger partial charge in [0.2, 0.25) is 15.9 Å². The smallest absolute Gasteiger partial charge is 0.406 e. The first-order valence-electron chi connectivity index (χ1n) is 8.24. The van der Waals surface area contributed by atoms with Crippen LogP contribution in [0.5, 0.6) is 5.75 Å². The summed E-state index contributed by atoms with van der Waals surface area (Å²) >= 11 is 0. The Morgan fingerprint density at radius 3 is 2.50 bits per heavy atom. The van der Waals surface area contributed by atoms with Gasteiger partial charge in [-0.1, -0.05) is 0 Å². The van der Waals surface area contributed by atoms with Crippen molar-refractivity contribution in [1.82, 2.24) is 9.71 Å². The van der Waals surface area contributed by atoms with Gasteiger partial charge in [0.05, 0.1) is 16.8 Å². The van der Waals surface area contributed by atoms with Gasteiger partial charge in [0.15, 0.2) is 0 Å². The van der Waals surface area contributed by atoms with Crippen molar-refractivity contribution < 1.29 is 31.1 Å². The Labute approximate surface area is 159 Å². The second-order valence-electron chi connectivity index (χ2n) is 6.04. The molecular formula is C17H16F3N3O4S. The summed E-state index contributed by atoms with van der Waals surface area (Å²) in [4.78, 5) is 17.2. The van der Waals surface area contributed by atoms with Crippen molar-refractivity contribution in [1.29, 1.82) is 0 Å². The summed E-state index contributed by atoms with van der Waals surface area (Å²) < 4.78 is 67.2. The Morgan fingerprint density at radius 2 is 1.89 bits per heavy atom. The maximum Gasteiger partial charge on any atom is 0.573 e. The molecule has 7 nitrogen and oxygen atoms in total. The van der Waals surface area contributed by atoms with Crippen molar-refractivity contribution in [3.8, 4) is 5.75 Å². The summed E-state index contributed by atoms with van der Waals surface area (Å²) in [5.74, 6) is -0.528. The average molecular weight is 415 g/mol. The number of amides is 1. The van der Waals surface area contributed by atoms with Crippen LogP contribution in [-0.4, -0.2) is 32.2 Å². The quantitative estimate of drug-likeness (QED) is 0.784. The van der Waals surface area contributed by atoms with Gasteiger partial charge in [-0.25, -0.2) is 13.1 Å². The van der Waals surface area contributed by atoms with Gasteiger partial charge < -0.3 is 9.64 Å². The topological polar surface area (TPSA) is 88.6 Å². The summed E-state index contributed by atoms with van der Waals surface area (Å²) in [7, 11) is -3.96. The molecule has 1 saturated heterocycles. The molecule has 0 atom stereocenters. The molecule has 1 aliphatic heterocycles. The maximum absolute atomic E-state index is 12.3. The first kappa shape index (κ1) is 20.1. The SMILES string of the molecule is O=C1CCCN1c1cncc(CNS(=O)(=O)c2ccc(OC(F)(F)F)cc2)c1. The third-order valence-electron chi connectivity index (χ3n) is 4.00. The molecule has 0 saturated carbocycles. The highest BCUT2D eigenvalue weighted by atomic mass is 32.2. The van der Waals surface area contributed by atoms with Gasteiger partial charge in [0.25, 0.3) is 0 Å². The normalized spacial score (nSPS) is 15.1. The van der Waals surface area contributed by atoms with Crippen LogP contribution in [0.4, 0.5) is 18.9 Å². The number of carbonyl (C=O) groups is 1. The molecule has 1 aromatic heterocycles. The van der Waals surface area contributed by atoms with E-state index < -0.39 is 22.1 Å². The fourth-order valence-corrected chi connectivity index (χ4v) is 3.74. The van der Waals surface area contributed by atoms with E-state index in [1.807, 2.05) is 0 Å². The molecule has 2 aromatic rings. The number of nitrogens with zero attached hydrogens (tertiary/aromatic N) is 2. The summed E-state index contributed by atoms with van der Waals surface area (Å²) in [6.07, 6.45) is -0.643. The predicted octanol–water partition coefficient (Wildman–Crippen LogP) is 2.59. The highest BCUT2D eigenvalue weighted by Crippen LogP contribution is 2.24. The molecule has 1 aromatic carbocycles. The van der Waals surface area contributed by atoms with Crippen molar-refractivity contribution in [2.24, 2.45) is 0 Å². The number of anilines is 1. The monoisotopic (exact) mass is 415 g/mol. The fraction of sp³-hybridized carbons (Fsp3) is 0.294. The van der Waals surface area contributed by atoms with Crippen LogP contribution in [-0.2, 0) is 21.4 Å². The van der Waals surface area contributed by atoms with E-state index >= 15 is 0 Å². The number of aromatic nitrogens is 1. The second kappa shape index (κ2) is 7.76. The molecule has 0 bridgehead atoms. The van der Waals surface area contributed by atoms with Crippen molar-refractivity contribution >= 4 is 21.6 Å². The zero-order valence-electron chi connectivity index (χ0n) is 14.4. The molecule has 1 fully saturated rings. The Morgan fingerprint density at radius 1 is 1.18 bits per heavy atom. The van der Waals surface area contributed by atoms with Gasteiger partial charge >= 0.3 is 6.36 Å². The molecular weight excluding hydrogens is 399 g/mol. The molecule has 11 heteroatoms. The maximum atomic E-state index is 12.3. The van der Waals surface area contributed by atoms with Crippen LogP contribution < -0.4 is 14.4 Å². The highest BCUT2D eigenvalue weighted by molar-refractivity contribution is 7.89. The van der Waals surface area contributed by atoms with E-state index in [2.05, 4.69) is 14.4 Å². The highest BCUT2D eigenvalue weighted by Gasteiger charge is 2.31. The number of pyridine rings is 1. The van der Waals surface area contributed by atoms with E-state index in [0.29, 0.717) is 24.2 Å². The molecule has 0 radical (unpaired) electrons. The minimum absolute atomic E-state index is 0.0132. The number of sulfonamides is 1. The predicted molar refractivity (Wildman–Crippen MR) is 93.0 cm³/mol. The van der Waals surface area contributed by atoms with Crippen molar-refractivity contribution in [2.75, 3.05) is 11.4 Å². The first-order valence-corrected chi connectivity index (χ1v) is 9.72. The van der Waals surface area contributed by atoms with E-state index in [1.54, 1.807) is 11.0 Å². The number of carbonyl (C=O) groups excluding carboxylic acids is 1. The van der Waals surface area contributed by atoms with Gasteiger partial charge in [-0.15, -0.1) is 13.2 Å². The van der Waals surface area contributed by atoms with Crippen molar-refractivity contribution in [3.63, 3.8) is 0 Å². The molecule has 3 rings (SSSR count). The molecule has 2 heterocycles. The number of alkyl halides is 3. The van der Waals surface area contributed by atoms with Crippen molar-refractivity contribution in [2.45, 2.75) is 30.6 Å². The minimum Gasteiger partial charge on any atom is -0.406 e. The zero-order valence-corrected chi connectivity index (χ0v) is 15.3. The van der Waals surface area contributed by atoms with E-state index in [9.17, 15) is 26.4 Å². The van der Waals surface area contributed by atoms with Crippen LogP contribution in [0.3, 0.4) is 0 Å². The number of hydrogen-bond acceptors (Lipinski definition) is 5. The fourth-order valence-electron chi connectivity index (χ4n) is 2.72. The van der Waals surface area contributed by atoms with E-state index in [-0.39, 0.29) is 17.3 Å². The van der Waals surface area contributed by atoms with Gasteiger partial charge in [-0.2, -0.15) is 0 Å². The molecule has 0 unspecified atom stereocenters. The van der Waals surface area contributed by atoms with Gasteiger partial charge in [0, 0.05) is 25.7 Å². The van der Waals surface area contributed by atoms with Gasteiger partial charge in [-0.05, 0) is 42.3 Å². The van der Waals surface area contributed by atoms with Crippen LogP contribution in [0.1, 0.15) is 18.4 Å². The van der Waals surface area contributed by atoms with Crippen LogP contribution >= 0.6 is 0 Å². The largest absolute Gasteiger partial charge is 0.573 e. The van der Waals surface area contributed by atoms with Gasteiger partial charge in [0.1, 0.15) is 5.75 Å². The summed E-state index contributed by atoms with van der Waals surface area (Å²) in [6, 6.07) is 5.54. The van der Waals surface area contributed by atoms with Crippen LogP contribution in [0.2, 0.25) is 0 Å². The second-order valence-corrected chi connectivity index (χ2v) is 7.81. The molecule has 150 valence electrons. The Hall–Kier alpha value is -2.66. The number of nitrogens with one attached hydrogen (secondary N) is 1. The number of hydrogen-bond donors (Lipinski definition) is 1. The lowest BCUT2D eigenvalue weighted by atomic mass is 10.2. The van der Waals surface area contributed by atoms with E-state index in [0.717, 1.165) is 30.7 Å². The molecule has 1 N–H and O–H groups in total. The Kier molecular flexibility index (Phi) is 5.57. The standard InChI is InChI=1S/C17H16F3N3O4S/c18-17(19,20)27-14-3-5-15(6-4-14)28(25,26)22-10-12-8-13(11-21-9-12)23-7-1-2-16(23)24/h3-6,8-9,11,22H,1-2,7,10H2. The first-order chi connectivity index (χ1) is 13.1. The summed E-state index contributed by atoms with van der Waals surface area (Å²) in [6.45, 7) is 0.494. The average Bonchev–Trinajstić information content (AvgIpc) is 3.05. The Bertz CT molecular complexity index is 962. The van der Waals surface area contributed by atoms with Crippen LogP contribution in [0.15, 0.2) is 47.6 Å². The number of benzene rings is 1. The summed E-state index contributed by atoms with van der Waals surface area (Å²) in [5.41, 5.74) is 1.13. The zero-order chi connectivity index (χ0) is 20.4. The third-order valence-corrected chi connectivity index (χ3v) is 5.42. The number of ether oxygens (including phenoxy) is 1. The lowest BCUT2D eigenvalue weighted by Crippen LogP contribution is -2.25. The number of halogens is 3. The van der Waals surface area contributed by atoms with E-state index in [1.165, 1.54) is 12.4 Å². The van der Waals surface area contributed by atoms with Crippen molar-refractivity contribution in [3.05, 3.63) is 48.3 Å². The molecule has 28 heavy (non-hydrogen) atoms. The third kappa shape index (κ3) is 4.98. The molecule has 1 aliphatic rings. The number of rotatable bonds is 6. The van der Waals surface area contributed by atoms with Crippen LogP contribution in [0.25, 0.3) is 0 Å². The lowest BCUT2D eigenvalue weighted by molar-refractivity contribution is -0.274. The minimum atomic E-state index is -4.85. The summed E-state index contributed by atoms with van der Waals surface area (Å²) in [5, 5.41) is 0. The van der Waals surface area contributed by atoms with E-state index in [4.69, 9.17) is 0 Å². The Balaban J connectivity index is 1.67. The van der Waals surface area contributed by atoms with Gasteiger partial charge in [-0.3, -0.25) is 9.78 Å². The molecule has 1 amide bonds.